The first-order chi connectivity index (χ1) is 6.68. The van der Waals surface area contributed by atoms with Crippen LogP contribution >= 0.6 is 0 Å². The van der Waals surface area contributed by atoms with Gasteiger partial charge < -0.3 is 10.6 Å². The van der Waals surface area contributed by atoms with Gasteiger partial charge >= 0.3 is 0 Å². The van der Waals surface area contributed by atoms with Crippen molar-refractivity contribution in [1.29, 1.82) is 0 Å². The molecule has 0 aromatic rings. The van der Waals surface area contributed by atoms with E-state index in [0.29, 0.717) is 12.5 Å². The molecule has 3 heteroatoms. The molecule has 2 N–H and O–H groups in total. The lowest BCUT2D eigenvalue weighted by Gasteiger charge is -2.07. The van der Waals surface area contributed by atoms with Gasteiger partial charge in [-0.25, -0.2) is 0 Å². The average Bonchev–Trinajstić information content (AvgIpc) is 2.92. The molecule has 3 nitrogen and oxygen atoms in total. The molecule has 1 fully saturated rings. The molecule has 1 rings (SSSR count). The van der Waals surface area contributed by atoms with E-state index < -0.39 is 0 Å². The van der Waals surface area contributed by atoms with E-state index in [0.717, 1.165) is 25.4 Å². The molecule has 1 saturated carbocycles. The lowest BCUT2D eigenvalue weighted by molar-refractivity contribution is -0.120. The molecule has 14 heavy (non-hydrogen) atoms. The topological polar surface area (TPSA) is 41.1 Å². The Balaban J connectivity index is 1.86. The quantitative estimate of drug-likeness (QED) is 0.602. The third kappa shape index (κ3) is 5.97. The maximum absolute atomic E-state index is 11.2. The molecular formula is C11H22N2O. The van der Waals surface area contributed by atoms with E-state index in [2.05, 4.69) is 24.5 Å². The van der Waals surface area contributed by atoms with Crippen molar-refractivity contribution in [2.75, 3.05) is 19.6 Å². The highest BCUT2D eigenvalue weighted by Gasteiger charge is 2.21. The van der Waals surface area contributed by atoms with Gasteiger partial charge in [-0.2, -0.15) is 0 Å². The Morgan fingerprint density at radius 2 is 2.14 bits per heavy atom. The summed E-state index contributed by atoms with van der Waals surface area (Å²) < 4.78 is 0. The molecule has 0 aromatic heterocycles. The van der Waals surface area contributed by atoms with Gasteiger partial charge in [0.2, 0.25) is 5.91 Å². The molecule has 1 amide bonds. The molecule has 0 aliphatic heterocycles. The molecule has 1 aliphatic rings. The monoisotopic (exact) mass is 198 g/mol. The van der Waals surface area contributed by atoms with Crippen LogP contribution in [-0.2, 0) is 4.79 Å². The van der Waals surface area contributed by atoms with Crippen molar-refractivity contribution in [3.63, 3.8) is 0 Å². The molecule has 0 radical (unpaired) electrons. The van der Waals surface area contributed by atoms with Crippen molar-refractivity contribution in [3.05, 3.63) is 0 Å². The number of rotatable bonds is 7. The van der Waals surface area contributed by atoms with Crippen molar-refractivity contribution in [2.24, 2.45) is 11.8 Å². The van der Waals surface area contributed by atoms with Gasteiger partial charge in [0.05, 0.1) is 6.54 Å². The number of carbonyl (C=O) groups excluding carboxylic acids is 1. The maximum Gasteiger partial charge on any atom is 0.233 e. The molecule has 0 aromatic carbocycles. The summed E-state index contributed by atoms with van der Waals surface area (Å²) in [5.74, 6) is 1.62. The van der Waals surface area contributed by atoms with Gasteiger partial charge in [0.15, 0.2) is 0 Å². The van der Waals surface area contributed by atoms with Gasteiger partial charge in [-0.1, -0.05) is 13.8 Å². The fourth-order valence-electron chi connectivity index (χ4n) is 1.24. The SMILES string of the molecule is CC(C)CCNCC(=O)NCC1CC1. The average molecular weight is 198 g/mol. The van der Waals surface area contributed by atoms with E-state index >= 15 is 0 Å². The van der Waals surface area contributed by atoms with E-state index in [-0.39, 0.29) is 5.91 Å². The summed E-state index contributed by atoms with van der Waals surface area (Å²) in [4.78, 5) is 11.2. The highest BCUT2D eigenvalue weighted by atomic mass is 16.1. The van der Waals surface area contributed by atoms with Crippen LogP contribution in [0.1, 0.15) is 33.1 Å². The largest absolute Gasteiger partial charge is 0.355 e. The molecule has 0 saturated heterocycles. The fourth-order valence-corrected chi connectivity index (χ4v) is 1.24. The van der Waals surface area contributed by atoms with Crippen LogP contribution in [0, 0.1) is 11.8 Å². The molecule has 1 aliphatic carbocycles. The Kier molecular flexibility index (Phi) is 4.94. The summed E-state index contributed by atoms with van der Waals surface area (Å²) in [6.45, 7) is 6.67. The number of nitrogens with one attached hydrogen (secondary N) is 2. The van der Waals surface area contributed by atoms with Crippen molar-refractivity contribution >= 4 is 5.91 Å². The van der Waals surface area contributed by atoms with Crippen molar-refractivity contribution in [2.45, 2.75) is 33.1 Å². The number of amides is 1. The third-order valence-corrected chi connectivity index (χ3v) is 2.47. The molecule has 82 valence electrons. The van der Waals surface area contributed by atoms with Gasteiger partial charge in [0.1, 0.15) is 0 Å². The first kappa shape index (κ1) is 11.5. The van der Waals surface area contributed by atoms with Crippen molar-refractivity contribution < 1.29 is 4.79 Å². The summed E-state index contributed by atoms with van der Waals surface area (Å²) in [6, 6.07) is 0. The second kappa shape index (κ2) is 6.02. The lowest BCUT2D eigenvalue weighted by atomic mass is 10.1. The minimum absolute atomic E-state index is 0.139. The zero-order valence-electron chi connectivity index (χ0n) is 9.31. The molecule has 0 spiro atoms. The van der Waals surface area contributed by atoms with Crippen LogP contribution in [0.25, 0.3) is 0 Å². The van der Waals surface area contributed by atoms with Gasteiger partial charge in [-0.05, 0) is 37.6 Å². The fraction of sp³-hybridized carbons (Fsp3) is 0.909. The predicted molar refractivity (Wildman–Crippen MR) is 58.1 cm³/mol. The standard InChI is InChI=1S/C11H22N2O/c1-9(2)5-6-12-8-11(14)13-7-10-3-4-10/h9-10,12H,3-8H2,1-2H3,(H,13,14). The van der Waals surface area contributed by atoms with Crippen LogP contribution in [0.4, 0.5) is 0 Å². The van der Waals surface area contributed by atoms with Gasteiger partial charge in [0, 0.05) is 6.54 Å². The van der Waals surface area contributed by atoms with Gasteiger partial charge in [-0.3, -0.25) is 4.79 Å². The van der Waals surface area contributed by atoms with E-state index in [1.807, 2.05) is 0 Å². The lowest BCUT2D eigenvalue weighted by Crippen LogP contribution is -2.35. The van der Waals surface area contributed by atoms with E-state index in [1.54, 1.807) is 0 Å². The van der Waals surface area contributed by atoms with Gasteiger partial charge in [-0.15, -0.1) is 0 Å². The first-order valence-electron chi connectivity index (χ1n) is 5.66. The number of carbonyl (C=O) groups is 1. The van der Waals surface area contributed by atoms with Crippen LogP contribution < -0.4 is 10.6 Å². The Hall–Kier alpha value is -0.570. The molecule has 0 heterocycles. The van der Waals surface area contributed by atoms with Gasteiger partial charge in [0.25, 0.3) is 0 Å². The van der Waals surface area contributed by atoms with E-state index in [4.69, 9.17) is 0 Å². The van der Waals surface area contributed by atoms with Crippen LogP contribution in [0.5, 0.6) is 0 Å². The van der Waals surface area contributed by atoms with E-state index in [9.17, 15) is 4.79 Å². The summed E-state index contributed by atoms with van der Waals surface area (Å²) in [7, 11) is 0. The second-order valence-electron chi connectivity index (χ2n) is 4.61. The molecular weight excluding hydrogens is 176 g/mol. The molecule has 0 bridgehead atoms. The predicted octanol–water partition coefficient (Wildman–Crippen LogP) is 1.15. The summed E-state index contributed by atoms with van der Waals surface area (Å²) in [5.41, 5.74) is 0. The summed E-state index contributed by atoms with van der Waals surface area (Å²) >= 11 is 0. The Morgan fingerprint density at radius 1 is 1.43 bits per heavy atom. The first-order valence-corrected chi connectivity index (χ1v) is 5.66. The Labute approximate surface area is 86.6 Å². The molecule has 0 unspecified atom stereocenters. The molecule has 0 atom stereocenters. The number of hydrogen-bond acceptors (Lipinski definition) is 2. The van der Waals surface area contributed by atoms with Crippen molar-refractivity contribution in [1.82, 2.24) is 10.6 Å². The van der Waals surface area contributed by atoms with Crippen LogP contribution in [0.15, 0.2) is 0 Å². The second-order valence-corrected chi connectivity index (χ2v) is 4.61. The Bertz CT molecular complexity index is 176. The zero-order valence-corrected chi connectivity index (χ0v) is 9.31. The van der Waals surface area contributed by atoms with Crippen LogP contribution in [0.2, 0.25) is 0 Å². The third-order valence-electron chi connectivity index (χ3n) is 2.47. The maximum atomic E-state index is 11.2. The minimum Gasteiger partial charge on any atom is -0.355 e. The summed E-state index contributed by atoms with van der Waals surface area (Å²) in [5, 5.41) is 6.08. The smallest absolute Gasteiger partial charge is 0.233 e. The zero-order chi connectivity index (χ0) is 10.4. The normalized spacial score (nSPS) is 15.9. The summed E-state index contributed by atoms with van der Waals surface area (Å²) in [6.07, 6.45) is 3.72. The van der Waals surface area contributed by atoms with E-state index in [1.165, 1.54) is 12.8 Å². The van der Waals surface area contributed by atoms with Crippen LogP contribution in [-0.4, -0.2) is 25.5 Å². The highest BCUT2D eigenvalue weighted by Crippen LogP contribution is 2.27. The van der Waals surface area contributed by atoms with Crippen molar-refractivity contribution in [3.8, 4) is 0 Å². The highest BCUT2D eigenvalue weighted by molar-refractivity contribution is 5.77. The number of hydrogen-bond donors (Lipinski definition) is 2. The minimum atomic E-state index is 0.139. The van der Waals surface area contributed by atoms with Crippen LogP contribution in [0.3, 0.4) is 0 Å². The Morgan fingerprint density at radius 3 is 2.71 bits per heavy atom.